The van der Waals surface area contributed by atoms with Gasteiger partial charge in [0.25, 0.3) is 0 Å². The first-order valence-electron chi connectivity index (χ1n) is 5.13. The minimum atomic E-state index is 0.758. The fourth-order valence-corrected chi connectivity index (χ4v) is 1.29. The van der Waals surface area contributed by atoms with Crippen LogP contribution in [-0.4, -0.2) is 33.5 Å². The van der Waals surface area contributed by atoms with Gasteiger partial charge in [-0.1, -0.05) is 0 Å². The van der Waals surface area contributed by atoms with Crippen LogP contribution in [-0.2, 0) is 4.74 Å². The Balaban J connectivity index is 2.50. The van der Waals surface area contributed by atoms with Gasteiger partial charge in [0.15, 0.2) is 0 Å². The zero-order valence-electron chi connectivity index (χ0n) is 9.44. The lowest BCUT2D eigenvalue weighted by Gasteiger charge is -2.18. The maximum absolute atomic E-state index is 5.30. The summed E-state index contributed by atoms with van der Waals surface area (Å²) in [5.74, 6) is 0. The standard InChI is InChI=1S/C12H18N2O/c1-4-15-10-9-14(3)12-7-5-11(13-2)6-8-12/h5-8H,2,4,9-10H2,1,3H3. The third-order valence-corrected chi connectivity index (χ3v) is 2.25. The molecule has 0 radical (unpaired) electrons. The molecule has 0 spiro atoms. The minimum Gasteiger partial charge on any atom is -0.380 e. The van der Waals surface area contributed by atoms with E-state index < -0.39 is 0 Å². The Labute approximate surface area is 91.4 Å². The molecule has 0 unspecified atom stereocenters. The van der Waals surface area contributed by atoms with Gasteiger partial charge in [0, 0.05) is 25.9 Å². The molecule has 1 rings (SSSR count). The lowest BCUT2D eigenvalue weighted by Crippen LogP contribution is -2.22. The number of rotatable bonds is 6. The highest BCUT2D eigenvalue weighted by atomic mass is 16.5. The summed E-state index contributed by atoms with van der Waals surface area (Å²) < 4.78 is 5.30. The van der Waals surface area contributed by atoms with Gasteiger partial charge in [-0.3, -0.25) is 4.99 Å². The molecule has 1 aromatic carbocycles. The molecule has 0 aliphatic carbocycles. The van der Waals surface area contributed by atoms with E-state index in [1.54, 1.807) is 0 Å². The van der Waals surface area contributed by atoms with Gasteiger partial charge < -0.3 is 9.64 Å². The van der Waals surface area contributed by atoms with Crippen LogP contribution in [0.15, 0.2) is 29.3 Å². The molecule has 0 N–H and O–H groups in total. The van der Waals surface area contributed by atoms with Gasteiger partial charge in [-0.2, -0.15) is 0 Å². The zero-order valence-corrected chi connectivity index (χ0v) is 9.44. The molecule has 0 bridgehead atoms. The number of likely N-dealkylation sites (N-methyl/N-ethyl adjacent to an activating group) is 1. The summed E-state index contributed by atoms with van der Waals surface area (Å²) in [5.41, 5.74) is 2.07. The molecule has 82 valence electrons. The summed E-state index contributed by atoms with van der Waals surface area (Å²) in [7, 11) is 2.05. The summed E-state index contributed by atoms with van der Waals surface area (Å²) in [6.07, 6.45) is 0. The Hall–Kier alpha value is -1.35. The van der Waals surface area contributed by atoms with Gasteiger partial charge in [0.2, 0.25) is 0 Å². The molecule has 0 amide bonds. The Bertz CT molecular complexity index is 295. The van der Waals surface area contributed by atoms with E-state index in [-0.39, 0.29) is 0 Å². The average Bonchev–Trinajstić information content (AvgIpc) is 2.29. The van der Waals surface area contributed by atoms with Crippen molar-refractivity contribution >= 4 is 18.1 Å². The molecule has 0 aromatic heterocycles. The molecule has 0 aliphatic heterocycles. The first-order chi connectivity index (χ1) is 7.27. The van der Waals surface area contributed by atoms with Crippen LogP contribution in [0.5, 0.6) is 0 Å². The largest absolute Gasteiger partial charge is 0.380 e. The molecule has 3 nitrogen and oxygen atoms in total. The second kappa shape index (κ2) is 6.19. The monoisotopic (exact) mass is 206 g/mol. The second-order valence-corrected chi connectivity index (χ2v) is 3.29. The van der Waals surface area contributed by atoms with Crippen LogP contribution in [0, 0.1) is 0 Å². The van der Waals surface area contributed by atoms with Crippen LogP contribution in [0.2, 0.25) is 0 Å². The van der Waals surface area contributed by atoms with E-state index in [1.165, 1.54) is 5.69 Å². The number of hydrogen-bond donors (Lipinski definition) is 0. The van der Waals surface area contributed by atoms with Crippen LogP contribution >= 0.6 is 0 Å². The predicted molar refractivity (Wildman–Crippen MR) is 65.4 cm³/mol. The SMILES string of the molecule is C=Nc1ccc(N(C)CCOCC)cc1. The fourth-order valence-electron chi connectivity index (χ4n) is 1.29. The van der Waals surface area contributed by atoms with Crippen LogP contribution in [0.1, 0.15) is 6.92 Å². The lowest BCUT2D eigenvalue weighted by molar-refractivity contribution is 0.154. The third kappa shape index (κ3) is 3.72. The second-order valence-electron chi connectivity index (χ2n) is 3.29. The summed E-state index contributed by atoms with van der Waals surface area (Å²) in [6, 6.07) is 7.99. The predicted octanol–water partition coefficient (Wildman–Crippen LogP) is 2.49. The summed E-state index contributed by atoms with van der Waals surface area (Å²) in [6.45, 7) is 7.91. The maximum atomic E-state index is 5.30. The number of ether oxygens (including phenoxy) is 1. The molecule has 0 aliphatic rings. The Morgan fingerprint density at radius 2 is 2.00 bits per heavy atom. The fraction of sp³-hybridized carbons (Fsp3) is 0.417. The van der Waals surface area contributed by atoms with Gasteiger partial charge in [-0.25, -0.2) is 0 Å². The third-order valence-electron chi connectivity index (χ3n) is 2.25. The highest BCUT2D eigenvalue weighted by Crippen LogP contribution is 2.17. The summed E-state index contributed by atoms with van der Waals surface area (Å²) >= 11 is 0. The Morgan fingerprint density at radius 3 is 2.53 bits per heavy atom. The van der Waals surface area contributed by atoms with Crippen molar-refractivity contribution in [2.75, 3.05) is 31.7 Å². The van der Waals surface area contributed by atoms with E-state index in [0.29, 0.717) is 0 Å². The number of benzene rings is 1. The molecular weight excluding hydrogens is 188 g/mol. The quantitative estimate of drug-likeness (QED) is 0.527. The zero-order chi connectivity index (χ0) is 11.1. The van der Waals surface area contributed by atoms with E-state index in [0.717, 1.165) is 25.4 Å². The highest BCUT2D eigenvalue weighted by molar-refractivity contribution is 5.54. The van der Waals surface area contributed by atoms with Crippen LogP contribution < -0.4 is 4.90 Å². The number of anilines is 1. The topological polar surface area (TPSA) is 24.8 Å². The molecule has 0 saturated heterocycles. The normalized spacial score (nSPS) is 10.0. The number of aliphatic imine (C=N–C) groups is 1. The molecule has 3 heteroatoms. The van der Waals surface area contributed by atoms with E-state index in [2.05, 4.69) is 23.7 Å². The van der Waals surface area contributed by atoms with Crippen LogP contribution in [0.3, 0.4) is 0 Å². The lowest BCUT2D eigenvalue weighted by atomic mass is 10.2. The number of nitrogens with zero attached hydrogens (tertiary/aromatic N) is 2. The molecule has 0 saturated carbocycles. The molecule has 0 heterocycles. The van der Waals surface area contributed by atoms with Crippen molar-refractivity contribution in [1.29, 1.82) is 0 Å². The Kier molecular flexibility index (Phi) is 4.84. The van der Waals surface area contributed by atoms with E-state index >= 15 is 0 Å². The minimum absolute atomic E-state index is 0.758. The van der Waals surface area contributed by atoms with Crippen molar-refractivity contribution < 1.29 is 4.74 Å². The number of hydrogen-bond acceptors (Lipinski definition) is 3. The van der Waals surface area contributed by atoms with Gasteiger partial charge in [-0.05, 0) is 37.9 Å². The Morgan fingerprint density at radius 1 is 1.33 bits per heavy atom. The van der Waals surface area contributed by atoms with E-state index in [4.69, 9.17) is 4.74 Å². The van der Waals surface area contributed by atoms with Crippen molar-refractivity contribution in [2.45, 2.75) is 6.92 Å². The van der Waals surface area contributed by atoms with Crippen molar-refractivity contribution in [1.82, 2.24) is 0 Å². The van der Waals surface area contributed by atoms with Gasteiger partial charge >= 0.3 is 0 Å². The van der Waals surface area contributed by atoms with Crippen molar-refractivity contribution in [3.63, 3.8) is 0 Å². The van der Waals surface area contributed by atoms with Gasteiger partial charge in [0.1, 0.15) is 0 Å². The molecule has 0 fully saturated rings. The molecule has 1 aromatic rings. The van der Waals surface area contributed by atoms with Crippen molar-refractivity contribution in [3.8, 4) is 0 Å². The summed E-state index contributed by atoms with van der Waals surface area (Å²) in [4.78, 5) is 6.01. The first kappa shape index (κ1) is 11.7. The first-order valence-corrected chi connectivity index (χ1v) is 5.13. The highest BCUT2D eigenvalue weighted by Gasteiger charge is 1.99. The van der Waals surface area contributed by atoms with E-state index in [1.807, 2.05) is 31.2 Å². The van der Waals surface area contributed by atoms with Crippen LogP contribution in [0.25, 0.3) is 0 Å². The molecule has 0 atom stereocenters. The van der Waals surface area contributed by atoms with Crippen LogP contribution in [0.4, 0.5) is 11.4 Å². The van der Waals surface area contributed by atoms with E-state index in [9.17, 15) is 0 Å². The van der Waals surface area contributed by atoms with Gasteiger partial charge in [-0.15, -0.1) is 0 Å². The maximum Gasteiger partial charge on any atom is 0.0641 e. The molecular formula is C12H18N2O. The smallest absolute Gasteiger partial charge is 0.0641 e. The van der Waals surface area contributed by atoms with Crippen molar-refractivity contribution in [2.24, 2.45) is 4.99 Å². The summed E-state index contributed by atoms with van der Waals surface area (Å²) in [5, 5.41) is 0. The van der Waals surface area contributed by atoms with Crippen molar-refractivity contribution in [3.05, 3.63) is 24.3 Å². The average molecular weight is 206 g/mol. The molecule has 15 heavy (non-hydrogen) atoms. The van der Waals surface area contributed by atoms with Gasteiger partial charge in [0.05, 0.1) is 12.3 Å².